The van der Waals surface area contributed by atoms with Crippen LogP contribution in [0, 0.1) is 6.92 Å². The minimum Gasteiger partial charge on any atom is -0.481 e. The molecule has 0 radical (unpaired) electrons. The van der Waals surface area contributed by atoms with Crippen molar-refractivity contribution in [2.45, 2.75) is 26.8 Å². The number of aromatic nitrogens is 3. The van der Waals surface area contributed by atoms with Gasteiger partial charge in [0, 0.05) is 30.4 Å². The Bertz CT molecular complexity index is 838. The van der Waals surface area contributed by atoms with Gasteiger partial charge in [0.25, 0.3) is 0 Å². The van der Waals surface area contributed by atoms with Crippen LogP contribution in [0.2, 0.25) is 0 Å². The summed E-state index contributed by atoms with van der Waals surface area (Å²) < 4.78 is 7.30. The Morgan fingerprint density at radius 1 is 1.26 bits per heavy atom. The average molecular weight is 310 g/mol. The molecule has 5 nitrogen and oxygen atoms in total. The van der Waals surface area contributed by atoms with E-state index in [1.807, 2.05) is 32.2 Å². The molecule has 2 aromatic heterocycles. The highest BCUT2D eigenvalue weighted by Crippen LogP contribution is 2.27. The first-order valence-electron chi connectivity index (χ1n) is 7.83. The highest BCUT2D eigenvalue weighted by atomic mass is 16.5. The molecule has 23 heavy (non-hydrogen) atoms. The molecule has 0 unspecified atom stereocenters. The lowest BCUT2D eigenvalue weighted by atomic mass is 10.1. The Morgan fingerprint density at radius 3 is 2.78 bits per heavy atom. The summed E-state index contributed by atoms with van der Waals surface area (Å²) in [6, 6.07) is 10.3. The van der Waals surface area contributed by atoms with Gasteiger partial charge in [-0.15, -0.1) is 0 Å². The van der Waals surface area contributed by atoms with Crippen LogP contribution in [0.15, 0.2) is 30.3 Å². The Hall–Kier alpha value is -2.56. The maximum absolute atomic E-state index is 5.51. The van der Waals surface area contributed by atoms with Crippen molar-refractivity contribution in [3.8, 4) is 5.88 Å². The molecule has 5 heteroatoms. The Labute approximate surface area is 136 Å². The van der Waals surface area contributed by atoms with Gasteiger partial charge in [-0.25, -0.2) is 4.68 Å². The van der Waals surface area contributed by atoms with Gasteiger partial charge in [0.05, 0.1) is 23.9 Å². The molecule has 3 rings (SSSR count). The topological polar surface area (TPSA) is 52.0 Å². The highest BCUT2D eigenvalue weighted by molar-refractivity contribution is 5.91. The van der Waals surface area contributed by atoms with Gasteiger partial charge in [-0.2, -0.15) is 5.10 Å². The molecular formula is C18H22N4O. The van der Waals surface area contributed by atoms with Crippen molar-refractivity contribution in [3.05, 3.63) is 47.3 Å². The van der Waals surface area contributed by atoms with Gasteiger partial charge in [-0.1, -0.05) is 25.1 Å². The van der Waals surface area contributed by atoms with Crippen LogP contribution in [0.5, 0.6) is 5.88 Å². The zero-order chi connectivity index (χ0) is 16.4. The third-order valence-electron chi connectivity index (χ3n) is 4.00. The van der Waals surface area contributed by atoms with E-state index in [4.69, 9.17) is 4.74 Å². The molecule has 0 atom stereocenters. The van der Waals surface area contributed by atoms with Crippen molar-refractivity contribution in [3.63, 3.8) is 0 Å². The van der Waals surface area contributed by atoms with Gasteiger partial charge < -0.3 is 10.1 Å². The molecule has 120 valence electrons. The van der Waals surface area contributed by atoms with E-state index < -0.39 is 0 Å². The van der Waals surface area contributed by atoms with Crippen molar-refractivity contribution in [2.24, 2.45) is 7.05 Å². The van der Waals surface area contributed by atoms with E-state index in [0.717, 1.165) is 45.8 Å². The van der Waals surface area contributed by atoms with Crippen LogP contribution in [0.25, 0.3) is 10.9 Å². The average Bonchev–Trinajstić information content (AvgIpc) is 2.87. The molecule has 0 aliphatic heterocycles. The predicted octanol–water partition coefficient (Wildman–Crippen LogP) is 3.46. The van der Waals surface area contributed by atoms with Crippen molar-refractivity contribution >= 4 is 16.6 Å². The summed E-state index contributed by atoms with van der Waals surface area (Å²) in [4.78, 5) is 4.58. The summed E-state index contributed by atoms with van der Waals surface area (Å²) in [5.41, 5.74) is 5.26. The van der Waals surface area contributed by atoms with Crippen molar-refractivity contribution in [1.29, 1.82) is 0 Å². The molecule has 3 aromatic rings. The van der Waals surface area contributed by atoms with E-state index in [1.54, 1.807) is 11.8 Å². The first-order chi connectivity index (χ1) is 11.1. The lowest BCUT2D eigenvalue weighted by Crippen LogP contribution is -2.04. The van der Waals surface area contributed by atoms with E-state index in [2.05, 4.69) is 34.5 Å². The molecule has 0 bridgehead atoms. The van der Waals surface area contributed by atoms with E-state index in [9.17, 15) is 0 Å². The minimum absolute atomic E-state index is 0.674. The SMILES string of the molecule is CCc1nn(C)c(OC)c1CNc1cc(C)nc2ccccc12. The van der Waals surface area contributed by atoms with Gasteiger partial charge in [0.2, 0.25) is 5.88 Å². The number of methoxy groups -OCH3 is 1. The number of hydrogen-bond donors (Lipinski definition) is 1. The molecule has 0 spiro atoms. The molecule has 1 N–H and O–H groups in total. The number of hydrogen-bond acceptors (Lipinski definition) is 4. The quantitative estimate of drug-likeness (QED) is 0.784. The van der Waals surface area contributed by atoms with Crippen LogP contribution < -0.4 is 10.1 Å². The highest BCUT2D eigenvalue weighted by Gasteiger charge is 2.15. The van der Waals surface area contributed by atoms with E-state index in [-0.39, 0.29) is 0 Å². The predicted molar refractivity (Wildman–Crippen MR) is 92.9 cm³/mol. The molecular weight excluding hydrogens is 288 g/mol. The second-order valence-electron chi connectivity index (χ2n) is 5.59. The third kappa shape index (κ3) is 2.86. The van der Waals surface area contributed by atoms with Crippen molar-refractivity contribution in [1.82, 2.24) is 14.8 Å². The second-order valence-corrected chi connectivity index (χ2v) is 5.59. The van der Waals surface area contributed by atoms with Crippen LogP contribution >= 0.6 is 0 Å². The van der Waals surface area contributed by atoms with E-state index >= 15 is 0 Å². The largest absolute Gasteiger partial charge is 0.481 e. The summed E-state index contributed by atoms with van der Waals surface area (Å²) in [5, 5.41) is 9.19. The standard InChI is InChI=1S/C18H22N4O/c1-5-15-14(18(23-4)22(3)21-15)11-19-17-10-12(2)20-16-9-7-6-8-13(16)17/h6-10H,5,11H2,1-4H3,(H,19,20). The molecule has 0 amide bonds. The Balaban J connectivity index is 1.95. The number of anilines is 1. The van der Waals surface area contributed by atoms with Gasteiger partial charge in [-0.3, -0.25) is 4.98 Å². The third-order valence-corrected chi connectivity index (χ3v) is 4.00. The van der Waals surface area contributed by atoms with Crippen molar-refractivity contribution < 1.29 is 4.74 Å². The maximum Gasteiger partial charge on any atom is 0.216 e. The van der Waals surface area contributed by atoms with Crippen LogP contribution in [-0.4, -0.2) is 21.9 Å². The van der Waals surface area contributed by atoms with Crippen LogP contribution in [0.3, 0.4) is 0 Å². The number of benzene rings is 1. The van der Waals surface area contributed by atoms with Gasteiger partial charge in [-0.05, 0) is 25.5 Å². The number of para-hydroxylation sites is 1. The van der Waals surface area contributed by atoms with Gasteiger partial charge in [0.1, 0.15) is 0 Å². The normalized spacial score (nSPS) is 11.0. The first-order valence-corrected chi connectivity index (χ1v) is 7.83. The summed E-state index contributed by atoms with van der Waals surface area (Å²) >= 11 is 0. The number of rotatable bonds is 5. The molecule has 2 heterocycles. The molecule has 1 aromatic carbocycles. The smallest absolute Gasteiger partial charge is 0.216 e. The fourth-order valence-electron chi connectivity index (χ4n) is 2.96. The Kier molecular flexibility index (Phi) is 4.19. The zero-order valence-electron chi connectivity index (χ0n) is 14.1. The number of nitrogens with zero attached hydrogens (tertiary/aromatic N) is 3. The minimum atomic E-state index is 0.674. The monoisotopic (exact) mass is 310 g/mol. The lowest BCUT2D eigenvalue weighted by molar-refractivity contribution is 0.370. The van der Waals surface area contributed by atoms with Crippen LogP contribution in [0.4, 0.5) is 5.69 Å². The lowest BCUT2D eigenvalue weighted by Gasteiger charge is -2.12. The molecule has 0 fully saturated rings. The second kappa shape index (κ2) is 6.28. The first kappa shape index (κ1) is 15.3. The number of nitrogens with one attached hydrogen (secondary N) is 1. The van der Waals surface area contributed by atoms with Gasteiger partial charge in [0.15, 0.2) is 0 Å². The zero-order valence-corrected chi connectivity index (χ0v) is 14.1. The summed E-state index contributed by atoms with van der Waals surface area (Å²) in [6.45, 7) is 4.80. The number of fused-ring (bicyclic) bond motifs is 1. The van der Waals surface area contributed by atoms with Crippen molar-refractivity contribution in [2.75, 3.05) is 12.4 Å². The van der Waals surface area contributed by atoms with E-state index in [0.29, 0.717) is 6.54 Å². The molecule has 0 saturated carbocycles. The summed E-state index contributed by atoms with van der Waals surface area (Å²) in [5.74, 6) is 0.810. The summed E-state index contributed by atoms with van der Waals surface area (Å²) in [6.07, 6.45) is 0.879. The van der Waals surface area contributed by atoms with Gasteiger partial charge >= 0.3 is 0 Å². The maximum atomic E-state index is 5.51. The van der Waals surface area contributed by atoms with Crippen LogP contribution in [-0.2, 0) is 20.0 Å². The van der Waals surface area contributed by atoms with E-state index in [1.165, 1.54) is 0 Å². The number of aryl methyl sites for hydroxylation is 3. The molecule has 0 aliphatic rings. The summed E-state index contributed by atoms with van der Waals surface area (Å²) in [7, 11) is 3.60. The van der Waals surface area contributed by atoms with Crippen LogP contribution in [0.1, 0.15) is 23.9 Å². The fraction of sp³-hybridized carbons (Fsp3) is 0.333. The molecule has 0 aliphatic carbocycles. The fourth-order valence-corrected chi connectivity index (χ4v) is 2.96. The Morgan fingerprint density at radius 2 is 2.04 bits per heavy atom. The number of pyridine rings is 1. The molecule has 0 saturated heterocycles. The number of ether oxygens (including phenoxy) is 1.